The molecule has 134 valence electrons. The van der Waals surface area contributed by atoms with Crippen molar-refractivity contribution in [1.29, 1.82) is 0 Å². The van der Waals surface area contributed by atoms with Gasteiger partial charge in [-0.1, -0.05) is 17.4 Å². The van der Waals surface area contributed by atoms with E-state index in [-0.39, 0.29) is 12.7 Å². The highest BCUT2D eigenvalue weighted by molar-refractivity contribution is 7.16. The number of hydrogen-bond acceptors (Lipinski definition) is 5. The van der Waals surface area contributed by atoms with Crippen LogP contribution in [0.15, 0.2) is 35.8 Å². The van der Waals surface area contributed by atoms with E-state index < -0.39 is 0 Å². The van der Waals surface area contributed by atoms with Crippen molar-refractivity contribution in [2.24, 2.45) is 4.99 Å². The predicted octanol–water partition coefficient (Wildman–Crippen LogP) is 2.88. The van der Waals surface area contributed by atoms with Crippen molar-refractivity contribution >= 4 is 27.5 Å². The van der Waals surface area contributed by atoms with E-state index in [0.29, 0.717) is 35.1 Å². The van der Waals surface area contributed by atoms with E-state index in [9.17, 15) is 4.79 Å². The normalized spacial score (nSPS) is 13.5. The number of ether oxygens (including phenoxy) is 2. The quantitative estimate of drug-likeness (QED) is 0.662. The summed E-state index contributed by atoms with van der Waals surface area (Å²) in [6.07, 6.45) is 1.77. The number of nitrogens with zero attached hydrogens (tertiary/aromatic N) is 4. The minimum Gasteiger partial charge on any atom is -0.454 e. The molecule has 0 radical (unpaired) electrons. The van der Waals surface area contributed by atoms with Gasteiger partial charge in [0, 0.05) is 30.9 Å². The molecular formula is C18H18N4O3S. The van der Waals surface area contributed by atoms with Crippen molar-refractivity contribution in [3.8, 4) is 11.5 Å². The van der Waals surface area contributed by atoms with Gasteiger partial charge >= 0.3 is 0 Å². The van der Waals surface area contributed by atoms with Crippen molar-refractivity contribution < 1.29 is 14.3 Å². The molecule has 26 heavy (non-hydrogen) atoms. The lowest BCUT2D eigenvalue weighted by Crippen LogP contribution is -2.16. The molecule has 1 aliphatic rings. The molecule has 0 atom stereocenters. The molecule has 8 heteroatoms. The van der Waals surface area contributed by atoms with Gasteiger partial charge in [0.25, 0.3) is 5.91 Å². The Morgan fingerprint density at radius 1 is 1.38 bits per heavy atom. The molecule has 3 heterocycles. The SMILES string of the molecule is C=CCn1c(=NC(=O)c2cc(C)n(CC)n2)sc2cc3c(cc21)OCO3. The molecule has 0 saturated carbocycles. The van der Waals surface area contributed by atoms with E-state index >= 15 is 0 Å². The fraction of sp³-hybridized carbons (Fsp3) is 0.278. The average molecular weight is 370 g/mol. The number of hydrogen-bond donors (Lipinski definition) is 0. The lowest BCUT2D eigenvalue weighted by molar-refractivity contribution is 0.0992. The Kier molecular flexibility index (Phi) is 4.12. The monoisotopic (exact) mass is 370 g/mol. The Balaban J connectivity index is 1.84. The van der Waals surface area contributed by atoms with Crippen LogP contribution in [0.5, 0.6) is 11.5 Å². The van der Waals surface area contributed by atoms with Crippen LogP contribution in [0, 0.1) is 6.92 Å². The highest BCUT2D eigenvalue weighted by Crippen LogP contribution is 2.36. The molecule has 1 aromatic carbocycles. The molecule has 4 rings (SSSR count). The molecule has 3 aromatic rings. The number of carbonyl (C=O) groups is 1. The summed E-state index contributed by atoms with van der Waals surface area (Å²) in [6.45, 7) is 9.19. The van der Waals surface area contributed by atoms with Gasteiger partial charge < -0.3 is 14.0 Å². The van der Waals surface area contributed by atoms with Gasteiger partial charge in [0.1, 0.15) is 0 Å². The van der Waals surface area contributed by atoms with Crippen molar-refractivity contribution in [2.45, 2.75) is 26.9 Å². The Bertz CT molecular complexity index is 1090. The summed E-state index contributed by atoms with van der Waals surface area (Å²) in [7, 11) is 0. The summed E-state index contributed by atoms with van der Waals surface area (Å²) in [5, 5.41) is 4.31. The molecule has 0 unspecified atom stereocenters. The lowest BCUT2D eigenvalue weighted by atomic mass is 10.3. The molecular weight excluding hydrogens is 352 g/mol. The van der Waals surface area contributed by atoms with Gasteiger partial charge in [0.05, 0.1) is 10.2 Å². The van der Waals surface area contributed by atoms with Crippen LogP contribution in [0.1, 0.15) is 23.1 Å². The first kappa shape index (κ1) is 16.6. The molecule has 0 saturated heterocycles. The zero-order valence-corrected chi connectivity index (χ0v) is 15.4. The van der Waals surface area contributed by atoms with Gasteiger partial charge in [0.15, 0.2) is 22.0 Å². The first-order valence-electron chi connectivity index (χ1n) is 8.28. The largest absolute Gasteiger partial charge is 0.454 e. The highest BCUT2D eigenvalue weighted by atomic mass is 32.1. The van der Waals surface area contributed by atoms with E-state index in [1.54, 1.807) is 16.8 Å². The Labute approximate surface area is 153 Å². The van der Waals surface area contributed by atoms with Crippen LogP contribution < -0.4 is 14.3 Å². The molecule has 0 bridgehead atoms. The number of benzene rings is 1. The average Bonchev–Trinajstić information content (AvgIpc) is 3.31. The number of aryl methyl sites for hydroxylation is 2. The zero-order chi connectivity index (χ0) is 18.3. The number of allylic oxidation sites excluding steroid dienone is 1. The Hall–Kier alpha value is -2.87. The predicted molar refractivity (Wildman–Crippen MR) is 98.7 cm³/mol. The van der Waals surface area contributed by atoms with Crippen molar-refractivity contribution in [2.75, 3.05) is 6.79 Å². The summed E-state index contributed by atoms with van der Waals surface area (Å²) in [6, 6.07) is 5.59. The van der Waals surface area contributed by atoms with Crippen molar-refractivity contribution in [3.63, 3.8) is 0 Å². The number of carbonyl (C=O) groups excluding carboxylic acids is 1. The third-order valence-corrected chi connectivity index (χ3v) is 5.23. The topological polar surface area (TPSA) is 70.6 Å². The van der Waals surface area contributed by atoms with Crippen molar-refractivity contribution in [1.82, 2.24) is 14.3 Å². The van der Waals surface area contributed by atoms with Crippen LogP contribution in [0.2, 0.25) is 0 Å². The first-order valence-corrected chi connectivity index (χ1v) is 9.09. The second-order valence-corrected chi connectivity index (χ2v) is 6.87. The van der Waals surface area contributed by atoms with Gasteiger partial charge in [0.2, 0.25) is 6.79 Å². The summed E-state index contributed by atoms with van der Waals surface area (Å²) >= 11 is 1.43. The number of amides is 1. The maximum absolute atomic E-state index is 12.6. The number of fused-ring (bicyclic) bond motifs is 2. The van der Waals surface area contributed by atoms with E-state index in [1.165, 1.54) is 11.3 Å². The number of thiazole rings is 1. The standard InChI is InChI=1S/C18H18N4O3S/c1-4-6-21-13-8-14-15(25-10-24-14)9-16(13)26-18(21)19-17(23)12-7-11(3)22(5-2)20-12/h4,7-9H,1,5-6,10H2,2-3H3. The third kappa shape index (κ3) is 2.72. The van der Waals surface area contributed by atoms with Gasteiger partial charge in [-0.3, -0.25) is 9.48 Å². The Morgan fingerprint density at radius 2 is 2.15 bits per heavy atom. The van der Waals surface area contributed by atoms with E-state index in [1.807, 2.05) is 30.5 Å². The second-order valence-electron chi connectivity index (χ2n) is 5.86. The molecule has 2 aromatic heterocycles. The van der Waals surface area contributed by atoms with Crippen LogP contribution in [0.25, 0.3) is 10.2 Å². The second kappa shape index (κ2) is 6.45. The molecule has 1 aliphatic heterocycles. The lowest BCUT2D eigenvalue weighted by Gasteiger charge is -2.02. The first-order chi connectivity index (χ1) is 12.6. The van der Waals surface area contributed by atoms with Crippen LogP contribution >= 0.6 is 11.3 Å². The van der Waals surface area contributed by atoms with Gasteiger partial charge in [-0.2, -0.15) is 10.1 Å². The zero-order valence-electron chi connectivity index (χ0n) is 14.6. The molecule has 0 fully saturated rings. The van der Waals surface area contributed by atoms with Gasteiger partial charge in [-0.05, 0) is 19.9 Å². The molecule has 0 N–H and O–H groups in total. The van der Waals surface area contributed by atoms with E-state index in [2.05, 4.69) is 16.7 Å². The summed E-state index contributed by atoms with van der Waals surface area (Å²) in [4.78, 5) is 17.5. The van der Waals surface area contributed by atoms with Crippen LogP contribution in [0.4, 0.5) is 0 Å². The maximum atomic E-state index is 12.6. The maximum Gasteiger partial charge on any atom is 0.300 e. The minimum atomic E-state index is -0.357. The molecule has 0 spiro atoms. The molecule has 1 amide bonds. The van der Waals surface area contributed by atoms with Crippen LogP contribution in [-0.2, 0) is 13.1 Å². The van der Waals surface area contributed by atoms with E-state index in [0.717, 1.165) is 15.9 Å². The summed E-state index contributed by atoms with van der Waals surface area (Å²) in [5.74, 6) is 1.05. The van der Waals surface area contributed by atoms with Gasteiger partial charge in [-0.15, -0.1) is 6.58 Å². The third-order valence-electron chi connectivity index (χ3n) is 4.19. The fourth-order valence-electron chi connectivity index (χ4n) is 2.93. The molecule has 7 nitrogen and oxygen atoms in total. The summed E-state index contributed by atoms with van der Waals surface area (Å²) < 4.78 is 15.6. The van der Waals surface area contributed by atoms with Crippen LogP contribution in [0.3, 0.4) is 0 Å². The minimum absolute atomic E-state index is 0.225. The van der Waals surface area contributed by atoms with E-state index in [4.69, 9.17) is 9.47 Å². The number of aromatic nitrogens is 3. The summed E-state index contributed by atoms with van der Waals surface area (Å²) in [5.41, 5.74) is 2.22. The smallest absolute Gasteiger partial charge is 0.300 e. The Morgan fingerprint density at radius 3 is 2.85 bits per heavy atom. The fourth-order valence-corrected chi connectivity index (χ4v) is 3.98. The van der Waals surface area contributed by atoms with Crippen molar-refractivity contribution in [3.05, 3.63) is 47.0 Å². The number of rotatable bonds is 4. The van der Waals surface area contributed by atoms with Gasteiger partial charge in [-0.25, -0.2) is 0 Å². The molecule has 0 aliphatic carbocycles. The van der Waals surface area contributed by atoms with Crippen LogP contribution in [-0.4, -0.2) is 27.0 Å². The highest BCUT2D eigenvalue weighted by Gasteiger charge is 2.18.